The minimum atomic E-state index is -4.38. The molecule has 1 aromatic carbocycles. The average Bonchev–Trinajstić information content (AvgIpc) is 3.01. The molecule has 1 aliphatic rings. The molecule has 0 amide bonds. The van der Waals surface area contributed by atoms with Gasteiger partial charge in [0, 0.05) is 30.7 Å². The maximum absolute atomic E-state index is 13.1. The van der Waals surface area contributed by atoms with Gasteiger partial charge >= 0.3 is 6.18 Å². The molecule has 0 unspecified atom stereocenters. The van der Waals surface area contributed by atoms with E-state index in [0.717, 1.165) is 32.2 Å². The Morgan fingerprint density at radius 3 is 2.46 bits per heavy atom. The van der Waals surface area contributed by atoms with Gasteiger partial charge in [-0.2, -0.15) is 13.2 Å². The van der Waals surface area contributed by atoms with Crippen LogP contribution in [0.4, 0.5) is 13.2 Å². The molecule has 3 nitrogen and oxygen atoms in total. The number of hydrogen-bond acceptors (Lipinski definition) is 3. The highest BCUT2D eigenvalue weighted by Gasteiger charge is 2.33. The molecule has 3 rings (SSSR count). The first-order valence-electron chi connectivity index (χ1n) is 7.31. The Hall–Kier alpha value is -1.02. The van der Waals surface area contributed by atoms with E-state index in [0.29, 0.717) is 15.8 Å². The number of piperazine rings is 1. The Morgan fingerprint density at radius 2 is 1.88 bits per heavy atom. The highest BCUT2D eigenvalue weighted by atomic mass is 79.9. The highest BCUT2D eigenvalue weighted by Crippen LogP contribution is 2.37. The van der Waals surface area contributed by atoms with Gasteiger partial charge in [0.2, 0.25) is 0 Å². The van der Waals surface area contributed by atoms with Crippen molar-refractivity contribution in [2.45, 2.75) is 12.2 Å². The smallest absolute Gasteiger partial charge is 0.416 e. The van der Waals surface area contributed by atoms with Crippen molar-refractivity contribution >= 4 is 28.3 Å². The summed E-state index contributed by atoms with van der Waals surface area (Å²) < 4.78 is 45.3. The number of nitrogens with zero attached hydrogens (tertiary/aromatic N) is 1. The molecule has 1 saturated heterocycles. The van der Waals surface area contributed by atoms with E-state index >= 15 is 0 Å². The lowest BCUT2D eigenvalue weighted by atomic mass is 9.99. The van der Waals surface area contributed by atoms with E-state index < -0.39 is 11.7 Å². The first-order chi connectivity index (χ1) is 10.9. The Labute approximate surface area is 152 Å². The molecule has 2 aromatic rings. The molecule has 0 bridgehead atoms. The average molecular weight is 426 g/mol. The molecule has 0 aliphatic carbocycles. The van der Waals surface area contributed by atoms with Crippen LogP contribution in [0.2, 0.25) is 0 Å². The van der Waals surface area contributed by atoms with Gasteiger partial charge in [0.05, 0.1) is 17.9 Å². The predicted molar refractivity (Wildman–Crippen MR) is 91.4 cm³/mol. The van der Waals surface area contributed by atoms with Gasteiger partial charge in [-0.15, -0.1) is 12.4 Å². The first-order valence-corrected chi connectivity index (χ1v) is 8.10. The van der Waals surface area contributed by atoms with Gasteiger partial charge in [-0.05, 0) is 35.9 Å². The Bertz CT molecular complexity index is 658. The molecular weight excluding hydrogens is 409 g/mol. The van der Waals surface area contributed by atoms with E-state index in [1.54, 1.807) is 24.5 Å². The standard InChI is InChI=1S/C16H16BrF3N2O.ClH/c17-13-9-11(8-12(10-13)16(18,19)20)15(14-2-1-7-23-14)22-5-3-21-4-6-22;/h1-2,7-10,15,21H,3-6H2;1H/t15-;/m0./s1. The summed E-state index contributed by atoms with van der Waals surface area (Å²) in [6.07, 6.45) is -2.83. The second-order valence-electron chi connectivity index (χ2n) is 5.47. The molecule has 1 atom stereocenters. The van der Waals surface area contributed by atoms with Crippen molar-refractivity contribution in [1.29, 1.82) is 0 Å². The van der Waals surface area contributed by atoms with Crippen LogP contribution in [0.5, 0.6) is 0 Å². The second-order valence-corrected chi connectivity index (χ2v) is 6.39. The summed E-state index contributed by atoms with van der Waals surface area (Å²) in [7, 11) is 0. The number of halogens is 5. The fraction of sp³-hybridized carbons (Fsp3) is 0.375. The van der Waals surface area contributed by atoms with E-state index in [4.69, 9.17) is 4.42 Å². The highest BCUT2D eigenvalue weighted by molar-refractivity contribution is 9.10. The Kier molecular flexibility index (Phi) is 6.36. The number of hydrogen-bond donors (Lipinski definition) is 1. The molecule has 2 heterocycles. The molecule has 132 valence electrons. The molecule has 0 spiro atoms. The number of rotatable bonds is 3. The molecule has 1 aromatic heterocycles. The molecule has 0 saturated carbocycles. The monoisotopic (exact) mass is 424 g/mol. The van der Waals surface area contributed by atoms with E-state index in [-0.39, 0.29) is 18.4 Å². The maximum Gasteiger partial charge on any atom is 0.416 e. The van der Waals surface area contributed by atoms with Crippen molar-refractivity contribution in [1.82, 2.24) is 10.2 Å². The lowest BCUT2D eigenvalue weighted by Crippen LogP contribution is -2.45. The third-order valence-electron chi connectivity index (χ3n) is 3.89. The van der Waals surface area contributed by atoms with Crippen LogP contribution < -0.4 is 5.32 Å². The molecule has 1 aliphatic heterocycles. The van der Waals surface area contributed by atoms with Gasteiger partial charge in [0.1, 0.15) is 5.76 Å². The van der Waals surface area contributed by atoms with Crippen LogP contribution in [-0.4, -0.2) is 31.1 Å². The van der Waals surface area contributed by atoms with Gasteiger partial charge in [-0.25, -0.2) is 0 Å². The lowest BCUT2D eigenvalue weighted by molar-refractivity contribution is -0.137. The minimum Gasteiger partial charge on any atom is -0.467 e. The molecular formula is C16H17BrClF3N2O. The lowest BCUT2D eigenvalue weighted by Gasteiger charge is -2.34. The molecule has 0 radical (unpaired) electrons. The topological polar surface area (TPSA) is 28.4 Å². The third kappa shape index (κ3) is 4.33. The van der Waals surface area contributed by atoms with Crippen molar-refractivity contribution in [2.75, 3.05) is 26.2 Å². The zero-order valence-electron chi connectivity index (χ0n) is 12.6. The Balaban J connectivity index is 0.00000208. The molecule has 24 heavy (non-hydrogen) atoms. The second kappa shape index (κ2) is 7.91. The summed E-state index contributed by atoms with van der Waals surface area (Å²) in [4.78, 5) is 2.14. The summed E-state index contributed by atoms with van der Waals surface area (Å²) in [6.45, 7) is 3.10. The van der Waals surface area contributed by atoms with Crippen LogP contribution in [0.25, 0.3) is 0 Å². The largest absolute Gasteiger partial charge is 0.467 e. The van der Waals surface area contributed by atoms with Gasteiger partial charge in [0.15, 0.2) is 0 Å². The zero-order chi connectivity index (χ0) is 16.4. The first kappa shape index (κ1) is 19.3. The predicted octanol–water partition coefficient (Wildman–Crippen LogP) is 4.48. The van der Waals surface area contributed by atoms with Crippen LogP contribution in [0, 0.1) is 0 Å². The SMILES string of the molecule is Cl.FC(F)(F)c1cc(Br)cc([C@@H](c2ccco2)N2CCNCC2)c1. The van der Waals surface area contributed by atoms with Gasteiger partial charge in [-0.1, -0.05) is 15.9 Å². The van der Waals surface area contributed by atoms with Crippen LogP contribution in [0.15, 0.2) is 45.5 Å². The van der Waals surface area contributed by atoms with Crippen LogP contribution in [0.3, 0.4) is 0 Å². The summed E-state index contributed by atoms with van der Waals surface area (Å²) in [5, 5.41) is 3.25. The van der Waals surface area contributed by atoms with Gasteiger partial charge in [-0.3, -0.25) is 4.90 Å². The fourth-order valence-electron chi connectivity index (χ4n) is 2.88. The summed E-state index contributed by atoms with van der Waals surface area (Å²) in [5.74, 6) is 0.651. The van der Waals surface area contributed by atoms with Gasteiger partial charge in [0.25, 0.3) is 0 Å². The summed E-state index contributed by atoms with van der Waals surface area (Å²) in [5.41, 5.74) is -0.0860. The fourth-order valence-corrected chi connectivity index (χ4v) is 3.39. The van der Waals surface area contributed by atoms with Crippen molar-refractivity contribution < 1.29 is 17.6 Å². The van der Waals surface area contributed by atoms with E-state index in [1.165, 1.54) is 6.07 Å². The molecule has 8 heteroatoms. The van der Waals surface area contributed by atoms with Crippen molar-refractivity contribution in [3.05, 3.63) is 58.0 Å². The Morgan fingerprint density at radius 1 is 1.17 bits per heavy atom. The zero-order valence-corrected chi connectivity index (χ0v) is 15.0. The van der Waals surface area contributed by atoms with Crippen molar-refractivity contribution in [3.63, 3.8) is 0 Å². The summed E-state index contributed by atoms with van der Waals surface area (Å²) in [6, 6.07) is 7.27. The normalized spacial score (nSPS) is 17.3. The minimum absolute atomic E-state index is 0. The van der Waals surface area contributed by atoms with E-state index in [2.05, 4.69) is 26.1 Å². The van der Waals surface area contributed by atoms with Gasteiger partial charge < -0.3 is 9.73 Å². The third-order valence-corrected chi connectivity index (χ3v) is 4.35. The molecule has 1 fully saturated rings. The van der Waals surface area contributed by atoms with E-state index in [9.17, 15) is 13.2 Å². The number of alkyl halides is 3. The van der Waals surface area contributed by atoms with Crippen LogP contribution >= 0.6 is 28.3 Å². The van der Waals surface area contributed by atoms with Crippen LogP contribution in [0.1, 0.15) is 22.9 Å². The van der Waals surface area contributed by atoms with Crippen molar-refractivity contribution in [2.24, 2.45) is 0 Å². The molecule has 1 N–H and O–H groups in total. The van der Waals surface area contributed by atoms with E-state index in [1.807, 2.05) is 0 Å². The quantitative estimate of drug-likeness (QED) is 0.786. The van der Waals surface area contributed by atoms with Crippen LogP contribution in [-0.2, 0) is 6.18 Å². The number of furan rings is 1. The summed E-state index contributed by atoms with van der Waals surface area (Å²) >= 11 is 3.20. The number of nitrogens with one attached hydrogen (secondary N) is 1. The maximum atomic E-state index is 13.1. The number of benzene rings is 1. The van der Waals surface area contributed by atoms with Crippen molar-refractivity contribution in [3.8, 4) is 0 Å².